The lowest BCUT2D eigenvalue weighted by atomic mass is 9.92. The minimum atomic E-state index is -1.51. The molecule has 192 valence electrons. The molecule has 0 saturated heterocycles. The number of amides is 1. The van der Waals surface area contributed by atoms with Gasteiger partial charge in [-0.3, -0.25) is 14.4 Å². The van der Waals surface area contributed by atoms with Gasteiger partial charge in [-0.15, -0.1) is 0 Å². The molecule has 0 fully saturated rings. The second-order valence-electron chi connectivity index (χ2n) is 9.12. The van der Waals surface area contributed by atoms with Crippen molar-refractivity contribution in [3.8, 4) is 22.4 Å². The van der Waals surface area contributed by atoms with Crippen LogP contribution in [0.2, 0.25) is 10.0 Å². The van der Waals surface area contributed by atoms with Crippen LogP contribution >= 0.6 is 23.2 Å². The third kappa shape index (κ3) is 5.47. The van der Waals surface area contributed by atoms with Crippen LogP contribution in [-0.2, 0) is 14.3 Å². The second kappa shape index (κ2) is 10.6. The van der Waals surface area contributed by atoms with Crippen molar-refractivity contribution in [2.75, 3.05) is 5.32 Å². The molecule has 38 heavy (non-hydrogen) atoms. The number of anilines is 1. The number of ether oxygens (including phenoxy) is 1. The summed E-state index contributed by atoms with van der Waals surface area (Å²) in [5.41, 5.74) is 1.70. The molecule has 0 aliphatic carbocycles. The summed E-state index contributed by atoms with van der Waals surface area (Å²) in [6.07, 6.45) is 0.122. The van der Waals surface area contributed by atoms with Crippen LogP contribution in [-0.4, -0.2) is 36.1 Å². The Hall–Kier alpha value is -3.62. The molecule has 0 spiro atoms. The van der Waals surface area contributed by atoms with Gasteiger partial charge >= 0.3 is 5.97 Å². The summed E-state index contributed by atoms with van der Waals surface area (Å²) in [6.45, 7) is 5.79. The van der Waals surface area contributed by atoms with Crippen molar-refractivity contribution in [2.45, 2.75) is 39.7 Å². The highest BCUT2D eigenvalue weighted by molar-refractivity contribution is 6.38. The third-order valence-electron chi connectivity index (χ3n) is 5.84. The number of nitrogens with zero attached hydrogens (tertiary/aromatic N) is 1. The first-order chi connectivity index (χ1) is 17.9. The minimum Gasteiger partial charge on any atom is -0.450 e. The highest BCUT2D eigenvalue weighted by Crippen LogP contribution is 2.41. The molecule has 1 N–H and O–H groups in total. The SMILES string of the molecule is [B]c1ccc(-c2nc3oc(C(=O)CC)c(NC(=O)C(C)(C)OC(C)=O)c3cc2-c2ccc(Cl)cc2)c(Cl)c1. The summed E-state index contributed by atoms with van der Waals surface area (Å²) in [6, 6.07) is 13.9. The molecular weight excluding hydrogens is 526 g/mol. The zero-order chi connectivity index (χ0) is 27.8. The van der Waals surface area contributed by atoms with Crippen molar-refractivity contribution in [3.63, 3.8) is 0 Å². The Kier molecular flexibility index (Phi) is 7.67. The number of benzene rings is 2. The molecule has 0 bridgehead atoms. The van der Waals surface area contributed by atoms with Gasteiger partial charge in [0, 0.05) is 34.5 Å². The number of aromatic nitrogens is 1. The van der Waals surface area contributed by atoms with Crippen molar-refractivity contribution < 1.29 is 23.5 Å². The first kappa shape index (κ1) is 27.4. The summed E-state index contributed by atoms with van der Waals surface area (Å²) in [4.78, 5) is 42.2. The number of rotatable bonds is 7. The summed E-state index contributed by atoms with van der Waals surface area (Å²) < 4.78 is 11.1. The molecule has 2 radical (unpaired) electrons. The number of fused-ring (bicyclic) bond motifs is 1. The number of hydrogen-bond acceptors (Lipinski definition) is 6. The number of hydrogen-bond donors (Lipinski definition) is 1. The molecule has 0 unspecified atom stereocenters. The second-order valence-corrected chi connectivity index (χ2v) is 9.97. The number of carbonyl (C=O) groups excluding carboxylic acids is 3. The molecule has 0 aliphatic rings. The maximum atomic E-state index is 13.1. The number of pyridine rings is 1. The molecule has 0 aliphatic heterocycles. The average molecular weight is 549 g/mol. The van der Waals surface area contributed by atoms with Gasteiger partial charge in [0.1, 0.15) is 13.5 Å². The molecule has 2 aromatic heterocycles. The van der Waals surface area contributed by atoms with Crippen LogP contribution in [0.5, 0.6) is 0 Å². The maximum absolute atomic E-state index is 13.1. The highest BCUT2D eigenvalue weighted by atomic mass is 35.5. The van der Waals surface area contributed by atoms with E-state index in [9.17, 15) is 14.4 Å². The lowest BCUT2D eigenvalue weighted by Crippen LogP contribution is -2.41. The largest absolute Gasteiger partial charge is 0.450 e. The summed E-state index contributed by atoms with van der Waals surface area (Å²) in [5, 5.41) is 4.03. The van der Waals surface area contributed by atoms with E-state index in [-0.39, 0.29) is 29.4 Å². The maximum Gasteiger partial charge on any atom is 0.303 e. The fraction of sp³-hybridized carbons (Fsp3) is 0.214. The zero-order valence-corrected chi connectivity index (χ0v) is 22.7. The predicted molar refractivity (Wildman–Crippen MR) is 149 cm³/mol. The third-order valence-corrected chi connectivity index (χ3v) is 6.41. The molecule has 2 heterocycles. The summed E-state index contributed by atoms with van der Waals surface area (Å²) in [5.74, 6) is -1.67. The Bertz CT molecular complexity index is 1580. The van der Waals surface area contributed by atoms with Crippen LogP contribution < -0.4 is 10.8 Å². The topological polar surface area (TPSA) is 98.5 Å². The van der Waals surface area contributed by atoms with E-state index in [0.29, 0.717) is 37.7 Å². The Morgan fingerprint density at radius 1 is 1.05 bits per heavy atom. The Morgan fingerprint density at radius 3 is 2.34 bits per heavy atom. The van der Waals surface area contributed by atoms with Crippen LogP contribution in [0.25, 0.3) is 33.5 Å². The quantitative estimate of drug-likeness (QED) is 0.169. The van der Waals surface area contributed by atoms with E-state index in [1.54, 1.807) is 43.3 Å². The van der Waals surface area contributed by atoms with E-state index >= 15 is 0 Å². The summed E-state index contributed by atoms with van der Waals surface area (Å²) >= 11 is 12.7. The molecule has 7 nitrogen and oxygen atoms in total. The Balaban J connectivity index is 1.99. The molecule has 0 atom stereocenters. The van der Waals surface area contributed by atoms with E-state index in [4.69, 9.17) is 45.2 Å². The van der Waals surface area contributed by atoms with Crippen molar-refractivity contribution in [2.24, 2.45) is 0 Å². The molecular formula is C28H23BCl2N2O5. The highest BCUT2D eigenvalue weighted by Gasteiger charge is 2.34. The monoisotopic (exact) mass is 548 g/mol. The molecule has 4 rings (SSSR count). The first-order valence-electron chi connectivity index (χ1n) is 11.7. The van der Waals surface area contributed by atoms with E-state index in [1.165, 1.54) is 20.8 Å². The fourth-order valence-corrected chi connectivity index (χ4v) is 4.36. The minimum absolute atomic E-state index is 0.0652. The number of carbonyl (C=O) groups is 3. The molecule has 1 amide bonds. The average Bonchev–Trinajstić information content (AvgIpc) is 3.19. The van der Waals surface area contributed by atoms with Gasteiger partial charge in [0.15, 0.2) is 17.1 Å². The van der Waals surface area contributed by atoms with E-state index in [0.717, 1.165) is 5.56 Å². The number of esters is 1. The lowest BCUT2D eigenvalue weighted by molar-refractivity contribution is -0.160. The Labute approximate surface area is 230 Å². The van der Waals surface area contributed by atoms with Crippen molar-refractivity contribution >= 4 is 71.0 Å². The van der Waals surface area contributed by atoms with Crippen LogP contribution in [0.1, 0.15) is 44.7 Å². The van der Waals surface area contributed by atoms with Gasteiger partial charge in [0.05, 0.1) is 11.1 Å². The number of Topliss-reactive ketones (excluding diaryl/α,β-unsaturated/α-hetero) is 1. The zero-order valence-electron chi connectivity index (χ0n) is 21.1. The summed E-state index contributed by atoms with van der Waals surface area (Å²) in [7, 11) is 5.90. The predicted octanol–water partition coefficient (Wildman–Crippen LogP) is 6.14. The van der Waals surface area contributed by atoms with Crippen molar-refractivity contribution in [3.05, 3.63) is 64.3 Å². The van der Waals surface area contributed by atoms with Gasteiger partial charge in [0.25, 0.3) is 5.91 Å². The number of ketones is 1. The van der Waals surface area contributed by atoms with Gasteiger partial charge in [-0.1, -0.05) is 59.9 Å². The molecule has 2 aromatic carbocycles. The first-order valence-corrected chi connectivity index (χ1v) is 12.5. The Morgan fingerprint density at radius 2 is 1.74 bits per heavy atom. The van der Waals surface area contributed by atoms with E-state index < -0.39 is 17.5 Å². The number of nitrogens with one attached hydrogen (secondary N) is 1. The van der Waals surface area contributed by atoms with E-state index in [1.807, 2.05) is 12.1 Å². The normalized spacial score (nSPS) is 11.4. The van der Waals surface area contributed by atoms with Gasteiger partial charge in [-0.05, 0) is 43.7 Å². The van der Waals surface area contributed by atoms with Crippen LogP contribution in [0.15, 0.2) is 52.9 Å². The van der Waals surface area contributed by atoms with Crippen LogP contribution in [0.3, 0.4) is 0 Å². The van der Waals surface area contributed by atoms with E-state index in [2.05, 4.69) is 5.32 Å². The van der Waals surface area contributed by atoms with Crippen LogP contribution in [0.4, 0.5) is 5.69 Å². The lowest BCUT2D eigenvalue weighted by Gasteiger charge is -2.23. The number of furan rings is 1. The molecule has 10 heteroatoms. The van der Waals surface area contributed by atoms with Crippen LogP contribution in [0, 0.1) is 0 Å². The van der Waals surface area contributed by atoms with Gasteiger partial charge in [-0.25, -0.2) is 4.98 Å². The van der Waals surface area contributed by atoms with Crippen molar-refractivity contribution in [1.82, 2.24) is 4.98 Å². The van der Waals surface area contributed by atoms with Gasteiger partial charge in [0.2, 0.25) is 5.71 Å². The molecule has 4 aromatic rings. The van der Waals surface area contributed by atoms with Crippen molar-refractivity contribution in [1.29, 1.82) is 0 Å². The van der Waals surface area contributed by atoms with Gasteiger partial charge in [-0.2, -0.15) is 0 Å². The standard InChI is InChI=1S/C28H23BCl2N2O5/c1-5-22(35)25-24(33-27(36)28(3,4)38-14(2)34)20-13-19(15-6-9-17(30)10-7-15)23(32-26(20)37-25)18-11-8-16(29)12-21(18)31/h6-13H,5H2,1-4H3,(H,33,36). The fourth-order valence-electron chi connectivity index (χ4n) is 3.95. The number of halogens is 2. The smallest absolute Gasteiger partial charge is 0.303 e. The molecule has 0 saturated carbocycles. The van der Waals surface area contributed by atoms with Gasteiger partial charge < -0.3 is 14.5 Å².